The molecule has 0 spiro atoms. The number of nitrogens with two attached hydrogens (primary N) is 1. The van der Waals surface area contributed by atoms with Crippen LogP contribution < -0.4 is 5.73 Å². The van der Waals surface area contributed by atoms with Crippen LogP contribution >= 0.6 is 0 Å². The zero-order valence-electron chi connectivity index (χ0n) is 10.5. The van der Waals surface area contributed by atoms with Crippen LogP contribution in [0.25, 0.3) is 11.0 Å². The molecule has 0 aliphatic heterocycles. The zero-order chi connectivity index (χ0) is 12.6. The second kappa shape index (κ2) is 4.13. The Hall–Kier alpha value is -1.39. The molecule has 0 aliphatic carbocycles. The Bertz CT molecular complexity index is 530. The van der Waals surface area contributed by atoms with Crippen LogP contribution in [0.15, 0.2) is 24.5 Å². The van der Waals surface area contributed by atoms with Gasteiger partial charge in [0.1, 0.15) is 0 Å². The summed E-state index contributed by atoms with van der Waals surface area (Å²) >= 11 is 0. The van der Waals surface area contributed by atoms with Gasteiger partial charge in [-0.25, -0.2) is 4.98 Å². The summed E-state index contributed by atoms with van der Waals surface area (Å²) in [6.07, 6.45) is 1.20. The van der Waals surface area contributed by atoms with Crippen LogP contribution in [0.4, 0.5) is 0 Å². The standard InChI is InChI=1S/C13H19N3O/c1-13(2,7-14)12(17)9-4-5-11-10(6-9)15-8-16(11)3/h4-6,8,12,17H,7,14H2,1-3H3. The molecule has 0 saturated carbocycles. The van der Waals surface area contributed by atoms with E-state index in [1.807, 2.05) is 43.7 Å². The van der Waals surface area contributed by atoms with Crippen molar-refractivity contribution >= 4 is 11.0 Å². The van der Waals surface area contributed by atoms with Crippen LogP contribution in [-0.4, -0.2) is 21.2 Å². The first kappa shape index (κ1) is 12.1. The van der Waals surface area contributed by atoms with Crippen LogP contribution in [-0.2, 0) is 7.05 Å². The highest BCUT2D eigenvalue weighted by atomic mass is 16.3. The van der Waals surface area contributed by atoms with Crippen LogP contribution in [0.2, 0.25) is 0 Å². The van der Waals surface area contributed by atoms with Gasteiger partial charge >= 0.3 is 0 Å². The lowest BCUT2D eigenvalue weighted by molar-refractivity contribution is 0.0556. The van der Waals surface area contributed by atoms with Gasteiger partial charge in [-0.05, 0) is 17.7 Å². The third-order valence-electron chi connectivity index (χ3n) is 3.33. The summed E-state index contributed by atoms with van der Waals surface area (Å²) in [7, 11) is 1.95. The molecule has 4 nitrogen and oxygen atoms in total. The third kappa shape index (κ3) is 2.06. The summed E-state index contributed by atoms with van der Waals surface area (Å²) in [5.41, 5.74) is 8.18. The van der Waals surface area contributed by atoms with Gasteiger partial charge in [-0.15, -0.1) is 0 Å². The fourth-order valence-corrected chi connectivity index (χ4v) is 1.89. The molecule has 3 N–H and O–H groups in total. The molecule has 0 amide bonds. The first-order valence-electron chi connectivity index (χ1n) is 5.75. The maximum Gasteiger partial charge on any atom is 0.0955 e. The maximum atomic E-state index is 10.3. The van der Waals surface area contributed by atoms with E-state index in [1.54, 1.807) is 6.33 Å². The Kier molecular flexibility index (Phi) is 2.93. The van der Waals surface area contributed by atoms with Crippen molar-refractivity contribution in [2.24, 2.45) is 18.2 Å². The second-order valence-corrected chi connectivity index (χ2v) is 5.20. The van der Waals surface area contributed by atoms with Crippen molar-refractivity contribution in [3.63, 3.8) is 0 Å². The number of aromatic nitrogens is 2. The number of aliphatic hydroxyl groups is 1. The number of aliphatic hydroxyl groups excluding tert-OH is 1. The highest BCUT2D eigenvalue weighted by Gasteiger charge is 2.27. The van der Waals surface area contributed by atoms with Gasteiger partial charge in [0.05, 0.1) is 23.5 Å². The molecule has 0 bridgehead atoms. The number of hydrogen-bond donors (Lipinski definition) is 2. The highest BCUT2D eigenvalue weighted by molar-refractivity contribution is 5.76. The Morgan fingerprint density at radius 3 is 2.82 bits per heavy atom. The van der Waals surface area contributed by atoms with Crippen molar-refractivity contribution in [1.29, 1.82) is 0 Å². The van der Waals surface area contributed by atoms with Crippen molar-refractivity contribution in [2.45, 2.75) is 20.0 Å². The lowest BCUT2D eigenvalue weighted by atomic mass is 9.83. The van der Waals surface area contributed by atoms with Crippen LogP contribution in [0.3, 0.4) is 0 Å². The molecule has 4 heteroatoms. The number of rotatable bonds is 3. The van der Waals surface area contributed by atoms with E-state index < -0.39 is 6.10 Å². The van der Waals surface area contributed by atoms with Gasteiger partial charge in [0.25, 0.3) is 0 Å². The normalized spacial score (nSPS) is 14.2. The summed E-state index contributed by atoms with van der Waals surface area (Å²) in [5, 5.41) is 10.3. The van der Waals surface area contributed by atoms with Gasteiger partial charge in [0.2, 0.25) is 0 Å². The molecule has 1 aromatic carbocycles. The van der Waals surface area contributed by atoms with E-state index in [0.717, 1.165) is 16.6 Å². The van der Waals surface area contributed by atoms with Gasteiger partial charge in [-0.3, -0.25) is 0 Å². The van der Waals surface area contributed by atoms with Crippen LogP contribution in [0.5, 0.6) is 0 Å². The first-order chi connectivity index (χ1) is 7.95. The van der Waals surface area contributed by atoms with Gasteiger partial charge in [-0.2, -0.15) is 0 Å². The van der Waals surface area contributed by atoms with Gasteiger partial charge in [0, 0.05) is 19.0 Å². The molecular weight excluding hydrogens is 214 g/mol. The molecule has 92 valence electrons. The molecule has 17 heavy (non-hydrogen) atoms. The Labute approximate surface area is 101 Å². The molecule has 1 unspecified atom stereocenters. The largest absolute Gasteiger partial charge is 0.388 e. The molecule has 2 rings (SSSR count). The van der Waals surface area contributed by atoms with Gasteiger partial charge < -0.3 is 15.4 Å². The van der Waals surface area contributed by atoms with E-state index in [0.29, 0.717) is 6.54 Å². The third-order valence-corrected chi connectivity index (χ3v) is 3.33. The molecular formula is C13H19N3O. The molecule has 1 heterocycles. The van der Waals surface area contributed by atoms with E-state index in [9.17, 15) is 5.11 Å². The molecule has 1 atom stereocenters. The fraction of sp³-hybridized carbons (Fsp3) is 0.462. The van der Waals surface area contributed by atoms with Crippen molar-refractivity contribution < 1.29 is 5.11 Å². The summed E-state index contributed by atoms with van der Waals surface area (Å²) in [4.78, 5) is 4.29. The van der Waals surface area contributed by atoms with Crippen molar-refractivity contribution in [2.75, 3.05) is 6.54 Å². The number of hydrogen-bond acceptors (Lipinski definition) is 3. The Balaban J connectivity index is 2.43. The van der Waals surface area contributed by atoms with Crippen LogP contribution in [0.1, 0.15) is 25.5 Å². The van der Waals surface area contributed by atoms with Gasteiger partial charge in [-0.1, -0.05) is 19.9 Å². The minimum absolute atomic E-state index is 0.331. The van der Waals surface area contributed by atoms with Crippen LogP contribution in [0, 0.1) is 5.41 Å². The zero-order valence-corrected chi connectivity index (χ0v) is 10.5. The predicted octanol–water partition coefficient (Wildman–Crippen LogP) is 1.59. The second-order valence-electron chi connectivity index (χ2n) is 5.20. The minimum Gasteiger partial charge on any atom is -0.388 e. The lowest BCUT2D eigenvalue weighted by Gasteiger charge is -2.29. The summed E-state index contributed by atoms with van der Waals surface area (Å²) in [6, 6.07) is 5.84. The summed E-state index contributed by atoms with van der Waals surface area (Å²) < 4.78 is 1.96. The van der Waals surface area contributed by atoms with E-state index in [4.69, 9.17) is 5.73 Å². The van der Waals surface area contributed by atoms with Crippen molar-refractivity contribution in [1.82, 2.24) is 9.55 Å². The molecule has 0 radical (unpaired) electrons. The molecule has 0 aliphatic rings. The van der Waals surface area contributed by atoms with Gasteiger partial charge in [0.15, 0.2) is 0 Å². The average Bonchev–Trinajstić information content (AvgIpc) is 2.69. The van der Waals surface area contributed by atoms with E-state index in [1.165, 1.54) is 0 Å². The fourth-order valence-electron chi connectivity index (χ4n) is 1.89. The predicted molar refractivity (Wildman–Crippen MR) is 68.5 cm³/mol. The maximum absolute atomic E-state index is 10.3. The quantitative estimate of drug-likeness (QED) is 0.846. The first-order valence-corrected chi connectivity index (χ1v) is 5.75. The summed E-state index contributed by atoms with van der Waals surface area (Å²) in [5.74, 6) is 0. The van der Waals surface area contributed by atoms with E-state index in [-0.39, 0.29) is 5.41 Å². The smallest absolute Gasteiger partial charge is 0.0955 e. The monoisotopic (exact) mass is 233 g/mol. The molecule has 0 fully saturated rings. The number of benzene rings is 1. The number of nitrogens with zero attached hydrogens (tertiary/aromatic N) is 2. The van der Waals surface area contributed by atoms with Crippen molar-refractivity contribution in [3.05, 3.63) is 30.1 Å². The highest BCUT2D eigenvalue weighted by Crippen LogP contribution is 2.33. The Morgan fingerprint density at radius 2 is 2.18 bits per heavy atom. The van der Waals surface area contributed by atoms with Crippen molar-refractivity contribution in [3.8, 4) is 0 Å². The minimum atomic E-state index is -0.570. The molecule has 1 aromatic heterocycles. The number of imidazole rings is 1. The lowest BCUT2D eigenvalue weighted by Crippen LogP contribution is -2.30. The topological polar surface area (TPSA) is 64.1 Å². The summed E-state index contributed by atoms with van der Waals surface area (Å²) in [6.45, 7) is 4.36. The molecule has 0 saturated heterocycles. The number of aryl methyl sites for hydroxylation is 1. The average molecular weight is 233 g/mol. The molecule has 2 aromatic rings. The van der Waals surface area contributed by atoms with E-state index >= 15 is 0 Å². The Morgan fingerprint density at radius 1 is 1.47 bits per heavy atom. The number of fused-ring (bicyclic) bond motifs is 1. The SMILES string of the molecule is Cn1cnc2cc(C(O)C(C)(C)CN)ccc21. The van der Waals surface area contributed by atoms with E-state index in [2.05, 4.69) is 4.98 Å².